The van der Waals surface area contributed by atoms with Crippen molar-refractivity contribution in [3.63, 3.8) is 0 Å². The van der Waals surface area contributed by atoms with Gasteiger partial charge in [-0.1, -0.05) is 30.3 Å². The molecule has 5 rings (SSSR count). The van der Waals surface area contributed by atoms with Gasteiger partial charge in [0, 0.05) is 30.5 Å². The lowest BCUT2D eigenvalue weighted by molar-refractivity contribution is -0.145. The lowest BCUT2D eigenvalue weighted by Crippen LogP contribution is -2.27. The molecule has 0 spiro atoms. The number of nitrogen functional groups attached to an aromatic ring is 1. The van der Waals surface area contributed by atoms with Crippen molar-refractivity contribution in [3.05, 3.63) is 88.6 Å². The van der Waals surface area contributed by atoms with Crippen LogP contribution in [0.1, 0.15) is 40.0 Å². The van der Waals surface area contributed by atoms with Crippen molar-refractivity contribution in [2.75, 3.05) is 12.3 Å². The number of aromatic nitrogens is 2. The van der Waals surface area contributed by atoms with Gasteiger partial charge in [0.1, 0.15) is 12.3 Å². The molecule has 0 fully saturated rings. The van der Waals surface area contributed by atoms with E-state index in [9.17, 15) is 18.4 Å². The molecule has 1 aliphatic heterocycles. The van der Waals surface area contributed by atoms with Crippen molar-refractivity contribution in [2.24, 2.45) is 5.73 Å². The van der Waals surface area contributed by atoms with Crippen LogP contribution in [0.15, 0.2) is 54.6 Å². The van der Waals surface area contributed by atoms with Crippen molar-refractivity contribution >= 4 is 53.5 Å². The first-order valence-corrected chi connectivity index (χ1v) is 12.1. The molecule has 0 radical (unpaired) electrons. The summed E-state index contributed by atoms with van der Waals surface area (Å²) in [4.78, 5) is 35.7. The van der Waals surface area contributed by atoms with Crippen molar-refractivity contribution in [1.82, 2.24) is 14.9 Å². The van der Waals surface area contributed by atoms with Gasteiger partial charge in [0.05, 0.1) is 5.52 Å². The van der Waals surface area contributed by atoms with E-state index in [-0.39, 0.29) is 61.0 Å². The van der Waals surface area contributed by atoms with E-state index in [4.69, 9.17) is 16.2 Å². The number of nitrogens with zero attached hydrogens (tertiary/aromatic N) is 3. The molecule has 0 atom stereocenters. The number of hydrogen-bond acceptors (Lipinski definition) is 7. The molecule has 1 amide bonds. The number of hydrogen-bond donors (Lipinski definition) is 2. The number of esters is 1. The van der Waals surface area contributed by atoms with Gasteiger partial charge < -0.3 is 21.1 Å². The van der Waals surface area contributed by atoms with Gasteiger partial charge in [-0.3, -0.25) is 9.59 Å². The minimum absolute atomic E-state index is 0. The minimum Gasteiger partial charge on any atom is -0.461 e. The molecule has 0 unspecified atom stereocenters. The summed E-state index contributed by atoms with van der Waals surface area (Å²) in [5.74, 6) is -2.99. The highest BCUT2D eigenvalue weighted by Crippen LogP contribution is 2.32. The maximum atomic E-state index is 14.3. The smallest absolute Gasteiger partial charge is 0.306 e. The quantitative estimate of drug-likeness (QED) is 0.292. The lowest BCUT2D eigenvalue weighted by Gasteiger charge is -2.17. The predicted octanol–water partition coefficient (Wildman–Crippen LogP) is 4.94. The summed E-state index contributed by atoms with van der Waals surface area (Å²) in [5.41, 5.74) is 15.0. The molecule has 1 aliphatic rings. The second kappa shape index (κ2) is 13.0. The average molecular weight is 590 g/mol. The van der Waals surface area contributed by atoms with Crippen molar-refractivity contribution in [2.45, 2.75) is 32.5 Å². The summed E-state index contributed by atoms with van der Waals surface area (Å²) in [6.45, 7) is 0.940. The molecule has 1 aromatic heterocycles. The minimum atomic E-state index is -1.07. The number of amides is 1. The molecular formula is C28H27Cl2F2N5O3. The fourth-order valence-corrected chi connectivity index (χ4v) is 4.56. The second-order valence-corrected chi connectivity index (χ2v) is 9.07. The first kappa shape index (κ1) is 30.7. The lowest BCUT2D eigenvalue weighted by atomic mass is 9.97. The zero-order valence-corrected chi connectivity index (χ0v) is 22.9. The molecule has 3 aromatic carbocycles. The zero-order valence-electron chi connectivity index (χ0n) is 21.2. The van der Waals surface area contributed by atoms with E-state index in [0.717, 1.165) is 23.3 Å². The fraction of sp³-hybridized carbons (Fsp3) is 0.214. The predicted molar refractivity (Wildman–Crippen MR) is 152 cm³/mol. The molecule has 0 bridgehead atoms. The van der Waals surface area contributed by atoms with E-state index in [1.165, 1.54) is 0 Å². The van der Waals surface area contributed by atoms with Gasteiger partial charge in [0.25, 0.3) is 5.91 Å². The zero-order chi connectivity index (χ0) is 26.8. The monoisotopic (exact) mass is 589 g/mol. The summed E-state index contributed by atoms with van der Waals surface area (Å²) in [5, 5.41) is 0.410. The van der Waals surface area contributed by atoms with Gasteiger partial charge in [0.15, 0.2) is 11.6 Å². The van der Waals surface area contributed by atoms with Crippen LogP contribution in [0.5, 0.6) is 0 Å². The Kier molecular flexibility index (Phi) is 9.97. The van der Waals surface area contributed by atoms with Crippen LogP contribution in [0.4, 0.5) is 14.7 Å². The number of nitrogens with two attached hydrogens (primary N) is 2. The Bertz CT molecular complexity index is 1550. The Balaban J connectivity index is 0.00000220. The van der Waals surface area contributed by atoms with E-state index < -0.39 is 17.6 Å². The van der Waals surface area contributed by atoms with Crippen LogP contribution >= 0.6 is 24.8 Å². The number of benzene rings is 3. The molecule has 8 nitrogen and oxygen atoms in total. The van der Waals surface area contributed by atoms with Crippen molar-refractivity contribution in [3.8, 4) is 11.1 Å². The first-order chi connectivity index (χ1) is 18.3. The Morgan fingerprint density at radius 1 is 0.950 bits per heavy atom. The van der Waals surface area contributed by atoms with E-state index in [2.05, 4.69) is 9.97 Å². The number of rotatable bonds is 7. The summed E-state index contributed by atoms with van der Waals surface area (Å²) in [6.07, 6.45) is 0.576. The Hall–Kier alpha value is -3.86. The van der Waals surface area contributed by atoms with E-state index >= 15 is 0 Å². The number of carbonyl (C=O) groups is 2. The Morgan fingerprint density at radius 3 is 2.30 bits per heavy atom. The molecule has 0 aliphatic carbocycles. The maximum absolute atomic E-state index is 14.3. The van der Waals surface area contributed by atoms with Gasteiger partial charge >= 0.3 is 5.97 Å². The van der Waals surface area contributed by atoms with E-state index in [1.807, 2.05) is 24.3 Å². The largest absolute Gasteiger partial charge is 0.461 e. The molecular weight excluding hydrogens is 563 g/mol. The normalized spacial score (nSPS) is 11.9. The molecule has 2 heterocycles. The third-order valence-electron chi connectivity index (χ3n) is 6.47. The number of ether oxygens (including phenoxy) is 1. The topological polar surface area (TPSA) is 124 Å². The maximum Gasteiger partial charge on any atom is 0.306 e. The third kappa shape index (κ3) is 6.30. The van der Waals surface area contributed by atoms with Crippen LogP contribution in [-0.4, -0.2) is 33.3 Å². The van der Waals surface area contributed by atoms with Crippen molar-refractivity contribution in [1.29, 1.82) is 0 Å². The van der Waals surface area contributed by atoms with E-state index in [1.54, 1.807) is 23.1 Å². The van der Waals surface area contributed by atoms with Gasteiger partial charge in [-0.2, -0.15) is 0 Å². The molecule has 4 N–H and O–H groups in total. The van der Waals surface area contributed by atoms with Crippen LogP contribution in [0.3, 0.4) is 0 Å². The van der Waals surface area contributed by atoms with Crippen molar-refractivity contribution < 1.29 is 23.1 Å². The highest BCUT2D eigenvalue weighted by atomic mass is 35.5. The average Bonchev–Trinajstić information content (AvgIpc) is 3.35. The standard InChI is InChI=1S/C28H25F2N5O3.2ClH/c29-22-11-19(15-38-25(36)6-3-9-31)20(12-23(22)30)16-7-8-24-21(10-16)26(34-28(32)33-24)27(37)35-13-17-4-1-2-5-18(17)14-35;;/h1-2,4-5,7-8,10-12H,3,6,9,13-15,31H2,(H2,32,33,34);2*1H. The SMILES string of the molecule is Cl.Cl.NCCCC(=O)OCc1cc(F)c(F)cc1-c1ccc2nc(N)nc(C(=O)N3Cc4ccccc4C3)c2c1. The highest BCUT2D eigenvalue weighted by molar-refractivity contribution is 6.06. The van der Waals surface area contributed by atoms with Gasteiger partial charge in [0.2, 0.25) is 5.95 Å². The van der Waals surface area contributed by atoms with Gasteiger partial charge in [-0.15, -0.1) is 24.8 Å². The second-order valence-electron chi connectivity index (χ2n) is 9.07. The summed E-state index contributed by atoms with van der Waals surface area (Å²) >= 11 is 0. The van der Waals surface area contributed by atoms with Crippen LogP contribution in [0, 0.1) is 11.6 Å². The molecule has 210 valence electrons. The number of carbonyl (C=O) groups excluding carboxylic acids is 2. The number of anilines is 1. The fourth-order valence-electron chi connectivity index (χ4n) is 4.56. The van der Waals surface area contributed by atoms with Crippen LogP contribution in [0.25, 0.3) is 22.0 Å². The molecule has 0 saturated carbocycles. The molecule has 4 aromatic rings. The van der Waals surface area contributed by atoms with E-state index in [0.29, 0.717) is 48.1 Å². The Morgan fingerprint density at radius 2 is 1.62 bits per heavy atom. The number of fused-ring (bicyclic) bond motifs is 2. The van der Waals surface area contributed by atoms with Crippen LogP contribution < -0.4 is 11.5 Å². The molecule has 0 saturated heterocycles. The highest BCUT2D eigenvalue weighted by Gasteiger charge is 2.27. The first-order valence-electron chi connectivity index (χ1n) is 12.1. The summed E-state index contributed by atoms with van der Waals surface area (Å²) in [7, 11) is 0. The third-order valence-corrected chi connectivity index (χ3v) is 6.47. The molecule has 12 heteroatoms. The summed E-state index contributed by atoms with van der Waals surface area (Å²) in [6, 6.07) is 14.8. The summed E-state index contributed by atoms with van der Waals surface area (Å²) < 4.78 is 33.7. The van der Waals surface area contributed by atoms with Gasteiger partial charge in [-0.05, 0) is 59.5 Å². The van der Waals surface area contributed by atoms with Crippen LogP contribution in [-0.2, 0) is 29.2 Å². The number of halogens is 4. The van der Waals surface area contributed by atoms with Crippen LogP contribution in [0.2, 0.25) is 0 Å². The Labute approximate surface area is 241 Å². The van der Waals surface area contributed by atoms with Gasteiger partial charge in [-0.25, -0.2) is 18.7 Å². The molecule has 40 heavy (non-hydrogen) atoms.